The van der Waals surface area contributed by atoms with Crippen molar-refractivity contribution in [1.82, 2.24) is 10.2 Å². The van der Waals surface area contributed by atoms with Crippen LogP contribution in [0.3, 0.4) is 0 Å². The molecule has 0 radical (unpaired) electrons. The third-order valence-corrected chi connectivity index (χ3v) is 5.07. The molecule has 0 aromatic carbocycles. The monoisotopic (exact) mass is 280 g/mol. The zero-order valence-corrected chi connectivity index (χ0v) is 13.3. The Morgan fingerprint density at radius 2 is 2.16 bits per heavy atom. The van der Waals surface area contributed by atoms with Crippen LogP contribution in [0, 0.1) is 5.92 Å². The molecule has 1 saturated heterocycles. The zero-order chi connectivity index (χ0) is 13.5. The number of piperidine rings is 1. The maximum atomic E-state index is 3.48. The van der Waals surface area contributed by atoms with E-state index in [2.05, 4.69) is 36.2 Å². The SMILES string of the molecule is CCCNCc1ccc(CN2CCCC(CC)C2)s1. The molecule has 19 heavy (non-hydrogen) atoms. The number of nitrogens with one attached hydrogen (secondary N) is 1. The molecule has 0 aliphatic carbocycles. The molecule has 1 atom stereocenters. The first-order valence-electron chi connectivity index (χ1n) is 7.82. The zero-order valence-electron chi connectivity index (χ0n) is 12.5. The highest BCUT2D eigenvalue weighted by Crippen LogP contribution is 2.23. The third kappa shape index (κ3) is 4.90. The number of nitrogens with zero attached hydrogens (tertiary/aromatic N) is 1. The van der Waals surface area contributed by atoms with Crippen molar-refractivity contribution >= 4 is 11.3 Å². The van der Waals surface area contributed by atoms with Gasteiger partial charge in [0.2, 0.25) is 0 Å². The predicted molar refractivity (Wildman–Crippen MR) is 84.6 cm³/mol. The highest BCUT2D eigenvalue weighted by atomic mass is 32.1. The second-order valence-corrected chi connectivity index (χ2v) is 6.95. The standard InChI is InChI=1S/C16H28N2S/c1-3-9-17-11-15-7-8-16(19-15)13-18-10-5-6-14(4-2)12-18/h7-8,14,17H,3-6,9-13H2,1-2H3. The summed E-state index contributed by atoms with van der Waals surface area (Å²) in [7, 11) is 0. The van der Waals surface area contributed by atoms with Gasteiger partial charge in [-0.2, -0.15) is 0 Å². The Labute approximate surface area is 122 Å². The summed E-state index contributed by atoms with van der Waals surface area (Å²) in [5.74, 6) is 0.930. The lowest BCUT2D eigenvalue weighted by atomic mass is 9.96. The van der Waals surface area contributed by atoms with E-state index in [4.69, 9.17) is 0 Å². The maximum Gasteiger partial charge on any atom is 0.0328 e. The Bertz CT molecular complexity index is 361. The summed E-state index contributed by atoms with van der Waals surface area (Å²) in [5.41, 5.74) is 0. The van der Waals surface area contributed by atoms with Crippen LogP contribution in [0.2, 0.25) is 0 Å². The predicted octanol–water partition coefficient (Wildman–Crippen LogP) is 3.87. The quantitative estimate of drug-likeness (QED) is 0.763. The van der Waals surface area contributed by atoms with Crippen LogP contribution in [0.5, 0.6) is 0 Å². The molecule has 3 heteroatoms. The van der Waals surface area contributed by atoms with Crippen molar-refractivity contribution in [3.8, 4) is 0 Å². The van der Waals surface area contributed by atoms with Crippen molar-refractivity contribution in [2.75, 3.05) is 19.6 Å². The second kappa shape index (κ2) is 8.03. The molecule has 0 amide bonds. The maximum absolute atomic E-state index is 3.48. The Hall–Kier alpha value is -0.380. The van der Waals surface area contributed by atoms with E-state index < -0.39 is 0 Å². The van der Waals surface area contributed by atoms with E-state index in [-0.39, 0.29) is 0 Å². The summed E-state index contributed by atoms with van der Waals surface area (Å²) in [6, 6.07) is 4.62. The van der Waals surface area contributed by atoms with Gasteiger partial charge in [-0.05, 0) is 50.4 Å². The van der Waals surface area contributed by atoms with Gasteiger partial charge in [-0.1, -0.05) is 20.3 Å². The van der Waals surface area contributed by atoms with Gasteiger partial charge < -0.3 is 5.32 Å². The molecule has 2 heterocycles. The van der Waals surface area contributed by atoms with E-state index in [1.54, 1.807) is 0 Å². The van der Waals surface area contributed by atoms with Gasteiger partial charge in [0, 0.05) is 29.4 Å². The van der Waals surface area contributed by atoms with Gasteiger partial charge in [-0.3, -0.25) is 4.90 Å². The Morgan fingerprint density at radius 3 is 2.95 bits per heavy atom. The fourth-order valence-corrected chi connectivity index (χ4v) is 3.87. The van der Waals surface area contributed by atoms with Crippen molar-refractivity contribution in [1.29, 1.82) is 0 Å². The molecule has 0 saturated carbocycles. The minimum Gasteiger partial charge on any atom is -0.312 e. The van der Waals surface area contributed by atoms with E-state index in [1.165, 1.54) is 48.5 Å². The number of rotatable bonds is 7. The molecular weight excluding hydrogens is 252 g/mol. The average molecular weight is 280 g/mol. The van der Waals surface area contributed by atoms with Crippen molar-refractivity contribution in [3.63, 3.8) is 0 Å². The smallest absolute Gasteiger partial charge is 0.0328 e. The summed E-state index contributed by atoms with van der Waals surface area (Å²) in [5, 5.41) is 3.48. The first kappa shape index (κ1) is 15.0. The first-order valence-corrected chi connectivity index (χ1v) is 8.64. The molecule has 0 spiro atoms. The van der Waals surface area contributed by atoms with E-state index in [0.717, 1.165) is 25.6 Å². The lowest BCUT2D eigenvalue weighted by molar-refractivity contribution is 0.166. The van der Waals surface area contributed by atoms with Gasteiger partial charge in [-0.25, -0.2) is 0 Å². The van der Waals surface area contributed by atoms with E-state index >= 15 is 0 Å². The number of hydrogen-bond donors (Lipinski definition) is 1. The molecule has 1 unspecified atom stereocenters. The molecule has 2 nitrogen and oxygen atoms in total. The average Bonchev–Trinajstić information content (AvgIpc) is 2.87. The molecule has 1 aliphatic heterocycles. The van der Waals surface area contributed by atoms with Crippen LogP contribution >= 0.6 is 11.3 Å². The largest absolute Gasteiger partial charge is 0.312 e. The molecule has 1 aromatic heterocycles. The molecule has 0 bridgehead atoms. The lowest BCUT2D eigenvalue weighted by Crippen LogP contribution is -2.34. The van der Waals surface area contributed by atoms with Crippen molar-refractivity contribution in [2.24, 2.45) is 5.92 Å². The van der Waals surface area contributed by atoms with Gasteiger partial charge >= 0.3 is 0 Å². The van der Waals surface area contributed by atoms with Crippen molar-refractivity contribution in [2.45, 2.75) is 52.6 Å². The van der Waals surface area contributed by atoms with E-state index in [1.807, 2.05) is 11.3 Å². The summed E-state index contributed by atoms with van der Waals surface area (Å²) in [6.45, 7) is 10.5. The van der Waals surface area contributed by atoms with Gasteiger partial charge in [0.1, 0.15) is 0 Å². The summed E-state index contributed by atoms with van der Waals surface area (Å²) in [6.07, 6.45) is 5.37. The van der Waals surface area contributed by atoms with Gasteiger partial charge in [0.15, 0.2) is 0 Å². The molecule has 1 aromatic rings. The van der Waals surface area contributed by atoms with E-state index in [9.17, 15) is 0 Å². The van der Waals surface area contributed by atoms with Crippen molar-refractivity contribution in [3.05, 3.63) is 21.9 Å². The fourth-order valence-electron chi connectivity index (χ4n) is 2.84. The van der Waals surface area contributed by atoms with Crippen molar-refractivity contribution < 1.29 is 0 Å². The van der Waals surface area contributed by atoms with Crippen LogP contribution in [0.15, 0.2) is 12.1 Å². The topological polar surface area (TPSA) is 15.3 Å². The molecule has 108 valence electrons. The normalized spacial score (nSPS) is 20.8. The van der Waals surface area contributed by atoms with Crippen LogP contribution in [0.25, 0.3) is 0 Å². The van der Waals surface area contributed by atoms with Crippen LogP contribution in [-0.4, -0.2) is 24.5 Å². The molecular formula is C16H28N2S. The van der Waals surface area contributed by atoms with Crippen LogP contribution in [0.1, 0.15) is 49.3 Å². The van der Waals surface area contributed by atoms with Gasteiger partial charge in [0.25, 0.3) is 0 Å². The van der Waals surface area contributed by atoms with Crippen LogP contribution < -0.4 is 5.32 Å². The number of thiophene rings is 1. The minimum absolute atomic E-state index is 0.930. The highest BCUT2D eigenvalue weighted by Gasteiger charge is 2.18. The molecule has 2 rings (SSSR count). The summed E-state index contributed by atoms with van der Waals surface area (Å²) in [4.78, 5) is 5.66. The Balaban J connectivity index is 1.78. The third-order valence-electron chi connectivity index (χ3n) is 4.00. The molecule has 1 N–H and O–H groups in total. The van der Waals surface area contributed by atoms with E-state index in [0.29, 0.717) is 0 Å². The second-order valence-electron chi connectivity index (χ2n) is 5.70. The summed E-state index contributed by atoms with van der Waals surface area (Å²) < 4.78 is 0. The Kier molecular flexibility index (Phi) is 6.35. The fraction of sp³-hybridized carbons (Fsp3) is 0.750. The molecule has 1 fully saturated rings. The lowest BCUT2D eigenvalue weighted by Gasteiger charge is -2.31. The van der Waals surface area contributed by atoms with Gasteiger partial charge in [-0.15, -0.1) is 11.3 Å². The minimum atomic E-state index is 0.930. The number of likely N-dealkylation sites (tertiary alicyclic amines) is 1. The highest BCUT2D eigenvalue weighted by molar-refractivity contribution is 7.11. The summed E-state index contributed by atoms with van der Waals surface area (Å²) >= 11 is 1.98. The molecule has 1 aliphatic rings. The van der Waals surface area contributed by atoms with Gasteiger partial charge in [0.05, 0.1) is 0 Å². The Morgan fingerprint density at radius 1 is 1.32 bits per heavy atom. The van der Waals surface area contributed by atoms with Crippen LogP contribution in [-0.2, 0) is 13.1 Å². The number of hydrogen-bond acceptors (Lipinski definition) is 3. The first-order chi connectivity index (χ1) is 9.31. The van der Waals surface area contributed by atoms with Crippen LogP contribution in [0.4, 0.5) is 0 Å².